The van der Waals surface area contributed by atoms with Crippen LogP contribution in [0.1, 0.15) is 30.3 Å². The number of likely N-dealkylation sites (tertiary alicyclic amines) is 1. The number of benzene rings is 3. The first kappa shape index (κ1) is 19.4. The van der Waals surface area contributed by atoms with Gasteiger partial charge in [0.05, 0.1) is 23.5 Å². The van der Waals surface area contributed by atoms with E-state index in [0.717, 1.165) is 53.3 Å². The zero-order chi connectivity index (χ0) is 21.2. The van der Waals surface area contributed by atoms with Crippen LogP contribution in [0.25, 0.3) is 11.0 Å². The molecule has 1 aliphatic heterocycles. The van der Waals surface area contributed by atoms with E-state index >= 15 is 0 Å². The number of rotatable bonds is 5. The Kier molecular flexibility index (Phi) is 5.16. The third-order valence-electron chi connectivity index (χ3n) is 5.95. The highest BCUT2D eigenvalue weighted by Gasteiger charge is 2.33. The molecule has 1 saturated heterocycles. The molecule has 0 radical (unpaired) electrons. The molecule has 5 heteroatoms. The first-order chi connectivity index (χ1) is 15.2. The highest BCUT2D eigenvalue weighted by Crippen LogP contribution is 2.33. The summed E-state index contributed by atoms with van der Waals surface area (Å²) in [5, 5.41) is 0. The van der Waals surface area contributed by atoms with Crippen molar-refractivity contribution in [2.75, 3.05) is 6.54 Å². The van der Waals surface area contributed by atoms with E-state index in [2.05, 4.69) is 10.6 Å². The van der Waals surface area contributed by atoms with E-state index < -0.39 is 0 Å². The number of carbonyl (C=O) groups is 1. The number of carbonyl (C=O) groups excluding carboxylic acids is 1. The van der Waals surface area contributed by atoms with Gasteiger partial charge in [-0.2, -0.15) is 0 Å². The molecule has 1 fully saturated rings. The van der Waals surface area contributed by atoms with Crippen molar-refractivity contribution in [2.24, 2.45) is 7.05 Å². The van der Waals surface area contributed by atoms with Gasteiger partial charge in [0, 0.05) is 13.6 Å². The largest absolute Gasteiger partial charge is 0.457 e. The van der Waals surface area contributed by atoms with Gasteiger partial charge in [-0.15, -0.1) is 0 Å². The lowest BCUT2D eigenvalue weighted by Crippen LogP contribution is -2.33. The number of ether oxygens (including phenoxy) is 1. The summed E-state index contributed by atoms with van der Waals surface area (Å²) < 4.78 is 7.97. The van der Waals surface area contributed by atoms with Crippen LogP contribution in [-0.2, 0) is 18.3 Å². The second-order valence-electron chi connectivity index (χ2n) is 8.00. The van der Waals surface area contributed by atoms with E-state index in [-0.39, 0.29) is 11.9 Å². The number of imidazole rings is 1. The Morgan fingerprint density at radius 1 is 0.968 bits per heavy atom. The maximum absolute atomic E-state index is 13.2. The monoisotopic (exact) mass is 411 g/mol. The average molecular weight is 412 g/mol. The molecule has 0 bridgehead atoms. The van der Waals surface area contributed by atoms with Crippen molar-refractivity contribution in [3.63, 3.8) is 0 Å². The number of hydrogen-bond acceptors (Lipinski definition) is 3. The second kappa shape index (κ2) is 8.26. The molecule has 0 spiro atoms. The van der Waals surface area contributed by atoms with Crippen molar-refractivity contribution in [3.05, 3.63) is 90.3 Å². The maximum atomic E-state index is 13.2. The van der Waals surface area contributed by atoms with E-state index in [9.17, 15) is 4.79 Å². The van der Waals surface area contributed by atoms with Crippen LogP contribution in [0.4, 0.5) is 0 Å². The molecule has 5 rings (SSSR count). The number of aryl methyl sites for hydroxylation is 1. The van der Waals surface area contributed by atoms with Crippen LogP contribution in [0.3, 0.4) is 0 Å². The van der Waals surface area contributed by atoms with Crippen LogP contribution < -0.4 is 4.74 Å². The summed E-state index contributed by atoms with van der Waals surface area (Å²) in [5.74, 6) is 2.68. The number of nitrogens with zero attached hydrogens (tertiary/aromatic N) is 3. The Balaban J connectivity index is 1.30. The minimum absolute atomic E-state index is 0.0330. The lowest BCUT2D eigenvalue weighted by molar-refractivity contribution is -0.131. The van der Waals surface area contributed by atoms with Gasteiger partial charge in [0.2, 0.25) is 5.91 Å². The fourth-order valence-corrected chi connectivity index (χ4v) is 4.37. The fraction of sp³-hybridized carbons (Fsp3) is 0.231. The molecule has 1 amide bonds. The molecule has 1 aliphatic rings. The molecule has 0 aliphatic carbocycles. The van der Waals surface area contributed by atoms with Crippen molar-refractivity contribution in [2.45, 2.75) is 25.3 Å². The van der Waals surface area contributed by atoms with Crippen LogP contribution in [0.5, 0.6) is 11.5 Å². The number of aromatic nitrogens is 2. The van der Waals surface area contributed by atoms with Crippen molar-refractivity contribution >= 4 is 16.9 Å². The summed E-state index contributed by atoms with van der Waals surface area (Å²) in [6.45, 7) is 0.780. The molecule has 4 aromatic rings. The third-order valence-corrected chi connectivity index (χ3v) is 5.95. The number of fused-ring (bicyclic) bond motifs is 1. The predicted molar refractivity (Wildman–Crippen MR) is 121 cm³/mol. The average Bonchev–Trinajstić information content (AvgIpc) is 3.41. The van der Waals surface area contributed by atoms with E-state index in [1.165, 1.54) is 0 Å². The minimum atomic E-state index is 0.0330. The first-order valence-electron chi connectivity index (χ1n) is 10.7. The summed E-state index contributed by atoms with van der Waals surface area (Å²) in [4.78, 5) is 20.0. The molecule has 0 N–H and O–H groups in total. The van der Waals surface area contributed by atoms with Crippen LogP contribution in [0.15, 0.2) is 78.9 Å². The first-order valence-corrected chi connectivity index (χ1v) is 10.7. The number of hydrogen-bond donors (Lipinski definition) is 0. The number of amides is 1. The van der Waals surface area contributed by atoms with Crippen LogP contribution >= 0.6 is 0 Å². The molecule has 156 valence electrons. The van der Waals surface area contributed by atoms with Gasteiger partial charge >= 0.3 is 0 Å². The van der Waals surface area contributed by atoms with Crippen molar-refractivity contribution in [3.8, 4) is 11.5 Å². The van der Waals surface area contributed by atoms with Gasteiger partial charge in [0.1, 0.15) is 17.3 Å². The van der Waals surface area contributed by atoms with Crippen LogP contribution in [-0.4, -0.2) is 26.9 Å². The zero-order valence-corrected chi connectivity index (χ0v) is 17.6. The topological polar surface area (TPSA) is 47.4 Å². The Morgan fingerprint density at radius 3 is 2.45 bits per heavy atom. The summed E-state index contributed by atoms with van der Waals surface area (Å²) in [6.07, 6.45) is 2.34. The summed E-state index contributed by atoms with van der Waals surface area (Å²) in [7, 11) is 2.04. The normalized spacial score (nSPS) is 16.0. The molecular weight excluding hydrogens is 386 g/mol. The summed E-state index contributed by atoms with van der Waals surface area (Å²) in [6, 6.07) is 25.6. The molecule has 1 unspecified atom stereocenters. The fourth-order valence-electron chi connectivity index (χ4n) is 4.37. The van der Waals surface area contributed by atoms with Crippen LogP contribution in [0, 0.1) is 0 Å². The van der Waals surface area contributed by atoms with E-state index in [4.69, 9.17) is 9.72 Å². The Bertz CT molecular complexity index is 1200. The molecule has 1 atom stereocenters. The Hall–Kier alpha value is -3.60. The van der Waals surface area contributed by atoms with Crippen molar-refractivity contribution in [1.82, 2.24) is 14.5 Å². The molecule has 31 heavy (non-hydrogen) atoms. The highest BCUT2D eigenvalue weighted by atomic mass is 16.5. The molecule has 3 aromatic carbocycles. The van der Waals surface area contributed by atoms with E-state index in [0.29, 0.717) is 6.42 Å². The highest BCUT2D eigenvalue weighted by molar-refractivity contribution is 5.80. The number of para-hydroxylation sites is 3. The van der Waals surface area contributed by atoms with E-state index in [1.54, 1.807) is 0 Å². The van der Waals surface area contributed by atoms with Gasteiger partial charge in [0.25, 0.3) is 0 Å². The zero-order valence-electron chi connectivity index (χ0n) is 17.6. The maximum Gasteiger partial charge on any atom is 0.227 e. The van der Waals surface area contributed by atoms with Gasteiger partial charge in [-0.05, 0) is 54.8 Å². The van der Waals surface area contributed by atoms with Gasteiger partial charge in [0.15, 0.2) is 0 Å². The van der Waals surface area contributed by atoms with Crippen LogP contribution in [0.2, 0.25) is 0 Å². The molecule has 1 aromatic heterocycles. The molecule has 5 nitrogen and oxygen atoms in total. The standard InChI is InChI=1S/C26H25N3O2/c1-28-23-11-6-5-10-22(23)27-26(28)24-12-7-17-29(24)25(30)18-19-13-15-21(16-14-19)31-20-8-3-2-4-9-20/h2-6,8-11,13-16,24H,7,12,17-18H2,1H3. The van der Waals surface area contributed by atoms with Gasteiger partial charge in [-0.25, -0.2) is 4.98 Å². The van der Waals surface area contributed by atoms with Crippen molar-refractivity contribution < 1.29 is 9.53 Å². The quantitative estimate of drug-likeness (QED) is 0.449. The Morgan fingerprint density at radius 2 is 1.68 bits per heavy atom. The second-order valence-corrected chi connectivity index (χ2v) is 8.00. The lowest BCUT2D eigenvalue weighted by Gasteiger charge is -2.24. The van der Waals surface area contributed by atoms with Crippen molar-refractivity contribution in [1.29, 1.82) is 0 Å². The predicted octanol–water partition coefficient (Wildman–Crippen LogP) is 5.27. The van der Waals surface area contributed by atoms with Gasteiger partial charge in [-0.3, -0.25) is 4.79 Å². The smallest absolute Gasteiger partial charge is 0.227 e. The van der Waals surface area contributed by atoms with Gasteiger partial charge in [-0.1, -0.05) is 42.5 Å². The summed E-state index contributed by atoms with van der Waals surface area (Å²) in [5.41, 5.74) is 3.07. The minimum Gasteiger partial charge on any atom is -0.457 e. The lowest BCUT2D eigenvalue weighted by atomic mass is 10.1. The Labute approximate surface area is 181 Å². The van der Waals surface area contributed by atoms with E-state index in [1.807, 2.05) is 84.7 Å². The van der Waals surface area contributed by atoms with Gasteiger partial charge < -0.3 is 14.2 Å². The molecule has 0 saturated carbocycles. The molecule has 2 heterocycles. The SMILES string of the molecule is Cn1c(C2CCCN2C(=O)Cc2ccc(Oc3ccccc3)cc2)nc2ccccc21. The molecular formula is C26H25N3O2. The third kappa shape index (κ3) is 3.91. The summed E-state index contributed by atoms with van der Waals surface area (Å²) >= 11 is 0.